The van der Waals surface area contributed by atoms with Gasteiger partial charge in [0.05, 0.1) is 11.3 Å². The fourth-order valence-electron chi connectivity index (χ4n) is 2.39. The van der Waals surface area contributed by atoms with Crippen LogP contribution in [-0.4, -0.2) is 31.8 Å². The Balaban J connectivity index is 2.39. The van der Waals surface area contributed by atoms with Crippen LogP contribution in [0.2, 0.25) is 0 Å². The van der Waals surface area contributed by atoms with Crippen molar-refractivity contribution in [2.75, 3.05) is 18.5 Å². The molecule has 0 bridgehead atoms. The number of carbonyl (C=O) groups is 2. The van der Waals surface area contributed by atoms with Gasteiger partial charge in [0.1, 0.15) is 11.9 Å². The van der Waals surface area contributed by atoms with E-state index in [-0.39, 0.29) is 17.5 Å². The number of hydrogen-bond donors (Lipinski definition) is 1. The number of benzene rings is 1. The van der Waals surface area contributed by atoms with Crippen LogP contribution in [0.4, 0.5) is 10.1 Å². The number of likely N-dealkylation sites (N-methyl/N-ethyl adjacent to an activating group) is 1. The minimum Gasteiger partial charge on any atom is -0.359 e. The topological polar surface area (TPSA) is 49.4 Å². The summed E-state index contributed by atoms with van der Waals surface area (Å²) in [6.45, 7) is 0.655. The van der Waals surface area contributed by atoms with Gasteiger partial charge in [-0.2, -0.15) is 0 Å². The molecule has 2 rings (SSSR count). The molecule has 1 aliphatic rings. The molecular formula is C13H15FN2O2. The molecule has 0 radical (unpaired) electrons. The van der Waals surface area contributed by atoms with Crippen LogP contribution in [-0.2, 0) is 4.79 Å². The number of nitrogens with zero attached hydrogens (tertiary/aromatic N) is 1. The fourth-order valence-corrected chi connectivity index (χ4v) is 2.39. The molecule has 4 nitrogen and oxygen atoms in total. The Bertz CT molecular complexity index is 476. The first kappa shape index (κ1) is 12.5. The third-order valence-electron chi connectivity index (χ3n) is 3.26. The summed E-state index contributed by atoms with van der Waals surface area (Å²) in [4.78, 5) is 24.5. The van der Waals surface area contributed by atoms with Crippen molar-refractivity contribution in [2.45, 2.75) is 18.9 Å². The molecular weight excluding hydrogens is 235 g/mol. The van der Waals surface area contributed by atoms with E-state index in [2.05, 4.69) is 5.32 Å². The maximum atomic E-state index is 13.6. The molecule has 96 valence electrons. The Hall–Kier alpha value is -1.91. The van der Waals surface area contributed by atoms with Crippen LogP contribution in [0.15, 0.2) is 18.2 Å². The van der Waals surface area contributed by atoms with Gasteiger partial charge in [-0.3, -0.25) is 9.59 Å². The van der Waals surface area contributed by atoms with Crippen LogP contribution in [0, 0.1) is 5.82 Å². The fraction of sp³-hybridized carbons (Fsp3) is 0.385. The molecule has 1 aromatic carbocycles. The van der Waals surface area contributed by atoms with Gasteiger partial charge in [0.2, 0.25) is 5.91 Å². The zero-order valence-electron chi connectivity index (χ0n) is 10.1. The minimum atomic E-state index is -0.551. The first-order valence-electron chi connectivity index (χ1n) is 5.91. The number of hydrogen-bond acceptors (Lipinski definition) is 3. The van der Waals surface area contributed by atoms with Crippen LogP contribution in [0.1, 0.15) is 23.2 Å². The van der Waals surface area contributed by atoms with Crippen molar-refractivity contribution in [1.82, 2.24) is 5.32 Å². The van der Waals surface area contributed by atoms with Crippen LogP contribution in [0.5, 0.6) is 0 Å². The number of nitrogens with one attached hydrogen (secondary N) is 1. The number of rotatable bonds is 3. The number of carbonyl (C=O) groups excluding carboxylic acids is 2. The molecule has 1 fully saturated rings. The van der Waals surface area contributed by atoms with Crippen LogP contribution < -0.4 is 10.2 Å². The molecule has 1 saturated heterocycles. The highest BCUT2D eigenvalue weighted by Crippen LogP contribution is 2.29. The molecule has 0 aliphatic carbocycles. The highest BCUT2D eigenvalue weighted by molar-refractivity contribution is 5.90. The van der Waals surface area contributed by atoms with Crippen LogP contribution in [0.3, 0.4) is 0 Å². The van der Waals surface area contributed by atoms with Gasteiger partial charge in [-0.15, -0.1) is 0 Å². The molecule has 0 aromatic heterocycles. The lowest BCUT2D eigenvalue weighted by Gasteiger charge is -2.26. The van der Waals surface area contributed by atoms with E-state index in [9.17, 15) is 14.0 Å². The van der Waals surface area contributed by atoms with E-state index in [4.69, 9.17) is 0 Å². The molecule has 1 unspecified atom stereocenters. The maximum Gasteiger partial charge on any atom is 0.242 e. The van der Waals surface area contributed by atoms with Crippen molar-refractivity contribution in [1.29, 1.82) is 0 Å². The van der Waals surface area contributed by atoms with Gasteiger partial charge >= 0.3 is 0 Å². The van der Waals surface area contributed by atoms with Crippen molar-refractivity contribution in [2.24, 2.45) is 0 Å². The van der Waals surface area contributed by atoms with E-state index >= 15 is 0 Å². The van der Waals surface area contributed by atoms with Crippen molar-refractivity contribution in [3.05, 3.63) is 29.6 Å². The largest absolute Gasteiger partial charge is 0.359 e. The lowest BCUT2D eigenvalue weighted by molar-refractivity contribution is -0.121. The third-order valence-corrected chi connectivity index (χ3v) is 3.26. The number of amides is 1. The molecule has 18 heavy (non-hydrogen) atoms. The second-order valence-electron chi connectivity index (χ2n) is 4.26. The lowest BCUT2D eigenvalue weighted by Crippen LogP contribution is -2.42. The second-order valence-corrected chi connectivity index (χ2v) is 4.26. The van der Waals surface area contributed by atoms with Gasteiger partial charge in [-0.1, -0.05) is 6.07 Å². The summed E-state index contributed by atoms with van der Waals surface area (Å²) in [5, 5.41) is 2.60. The highest BCUT2D eigenvalue weighted by atomic mass is 19.1. The average molecular weight is 250 g/mol. The third kappa shape index (κ3) is 2.08. The summed E-state index contributed by atoms with van der Waals surface area (Å²) in [7, 11) is 1.57. The first-order chi connectivity index (χ1) is 8.69. The predicted molar refractivity (Wildman–Crippen MR) is 66.2 cm³/mol. The zero-order valence-corrected chi connectivity index (χ0v) is 10.1. The Morgan fingerprint density at radius 1 is 1.56 bits per heavy atom. The number of aldehydes is 1. The van der Waals surface area contributed by atoms with Crippen molar-refractivity contribution >= 4 is 17.9 Å². The minimum absolute atomic E-state index is 0.0216. The zero-order chi connectivity index (χ0) is 13.1. The van der Waals surface area contributed by atoms with Gasteiger partial charge in [0.15, 0.2) is 6.29 Å². The summed E-state index contributed by atoms with van der Waals surface area (Å²) >= 11 is 0. The SMILES string of the molecule is CNC(=O)C1CCCN1c1cccc(F)c1C=O. The number of halogens is 1. The van der Waals surface area contributed by atoms with Gasteiger partial charge in [0, 0.05) is 13.6 Å². The van der Waals surface area contributed by atoms with Crippen molar-refractivity contribution in [3.63, 3.8) is 0 Å². The summed E-state index contributed by atoms with van der Waals surface area (Å²) in [6.07, 6.45) is 2.07. The van der Waals surface area contributed by atoms with Crippen LogP contribution >= 0.6 is 0 Å². The second kappa shape index (κ2) is 5.16. The summed E-state index contributed by atoms with van der Waals surface area (Å²) in [5.41, 5.74) is 0.518. The van der Waals surface area contributed by atoms with Crippen molar-refractivity contribution in [3.8, 4) is 0 Å². The van der Waals surface area contributed by atoms with E-state index < -0.39 is 5.82 Å². The van der Waals surface area contributed by atoms with E-state index in [0.29, 0.717) is 24.9 Å². The van der Waals surface area contributed by atoms with Gasteiger partial charge in [-0.05, 0) is 25.0 Å². The quantitative estimate of drug-likeness (QED) is 0.824. The van der Waals surface area contributed by atoms with E-state index in [1.165, 1.54) is 6.07 Å². The summed E-state index contributed by atoms with van der Waals surface area (Å²) in [5.74, 6) is -0.654. The predicted octanol–water partition coefficient (Wildman–Crippen LogP) is 1.35. The highest BCUT2D eigenvalue weighted by Gasteiger charge is 2.31. The Labute approximate surface area is 105 Å². The standard InChI is InChI=1S/C13H15FN2O2/c1-15-13(18)12-6-3-7-16(12)11-5-2-4-10(14)9(11)8-17/h2,4-5,8,12H,3,6-7H2,1H3,(H,15,18). The molecule has 1 N–H and O–H groups in total. The normalized spacial score (nSPS) is 18.8. The van der Waals surface area contributed by atoms with E-state index in [1.807, 2.05) is 0 Å². The average Bonchev–Trinajstić information content (AvgIpc) is 2.86. The Morgan fingerprint density at radius 3 is 3.00 bits per heavy atom. The van der Waals surface area contributed by atoms with Crippen LogP contribution in [0.25, 0.3) is 0 Å². The number of anilines is 1. The molecule has 0 spiro atoms. The Morgan fingerprint density at radius 2 is 2.33 bits per heavy atom. The first-order valence-corrected chi connectivity index (χ1v) is 5.91. The van der Waals surface area contributed by atoms with Crippen molar-refractivity contribution < 1.29 is 14.0 Å². The molecule has 1 aliphatic heterocycles. The van der Waals surface area contributed by atoms with E-state index in [0.717, 1.165) is 6.42 Å². The molecule has 1 aromatic rings. The molecule has 0 saturated carbocycles. The molecule has 1 amide bonds. The molecule has 5 heteroatoms. The monoisotopic (exact) mass is 250 g/mol. The van der Waals surface area contributed by atoms with Gasteiger partial charge in [0.25, 0.3) is 0 Å². The van der Waals surface area contributed by atoms with Gasteiger partial charge in [-0.25, -0.2) is 4.39 Å². The van der Waals surface area contributed by atoms with E-state index in [1.54, 1.807) is 24.1 Å². The Kier molecular flexibility index (Phi) is 3.60. The lowest BCUT2D eigenvalue weighted by atomic mass is 10.1. The summed E-state index contributed by atoms with van der Waals surface area (Å²) in [6, 6.07) is 4.15. The maximum absolute atomic E-state index is 13.6. The molecule has 1 heterocycles. The summed E-state index contributed by atoms with van der Waals surface area (Å²) < 4.78 is 13.6. The molecule has 1 atom stereocenters. The smallest absolute Gasteiger partial charge is 0.242 e. The van der Waals surface area contributed by atoms with Gasteiger partial charge < -0.3 is 10.2 Å².